The average molecular weight is 378 g/mol. The molecule has 2 aromatic rings. The summed E-state index contributed by atoms with van der Waals surface area (Å²) in [5.74, 6) is 0.0960. The Labute approximate surface area is 165 Å². The van der Waals surface area contributed by atoms with Crippen molar-refractivity contribution in [3.63, 3.8) is 0 Å². The number of allylic oxidation sites excluding steroid dienone is 1. The monoisotopic (exact) mass is 378 g/mol. The van der Waals surface area contributed by atoms with E-state index in [0.717, 1.165) is 30.4 Å². The van der Waals surface area contributed by atoms with Gasteiger partial charge in [0.2, 0.25) is 5.78 Å². The van der Waals surface area contributed by atoms with Crippen molar-refractivity contribution in [2.24, 2.45) is 18.4 Å². The third-order valence-corrected chi connectivity index (χ3v) is 6.85. The molecule has 0 bridgehead atoms. The van der Waals surface area contributed by atoms with E-state index in [1.807, 2.05) is 51.2 Å². The van der Waals surface area contributed by atoms with Crippen molar-refractivity contribution in [2.45, 2.75) is 45.4 Å². The van der Waals surface area contributed by atoms with Gasteiger partial charge in [-0.1, -0.05) is 51.1 Å². The zero-order valence-electron chi connectivity index (χ0n) is 16.8. The van der Waals surface area contributed by atoms with Gasteiger partial charge in [0.15, 0.2) is 5.78 Å². The zero-order chi connectivity index (χ0) is 20.3. The lowest BCUT2D eigenvalue weighted by Gasteiger charge is -2.52. The van der Waals surface area contributed by atoms with Crippen molar-refractivity contribution >= 4 is 11.6 Å². The summed E-state index contributed by atoms with van der Waals surface area (Å²) in [4.78, 5) is 26.0. The SMILES string of the molecule is Cn1nc2c(c1C(=O)c1ccccc1)CC[C@H]1C(C)(C)C(=O)/C(=C\O)CC21C. The summed E-state index contributed by atoms with van der Waals surface area (Å²) < 4.78 is 1.69. The number of aliphatic hydroxyl groups is 1. The summed E-state index contributed by atoms with van der Waals surface area (Å²) in [6.45, 7) is 6.05. The number of aliphatic hydroxyl groups excluding tert-OH is 1. The zero-order valence-corrected chi connectivity index (χ0v) is 16.8. The Morgan fingerprint density at radius 3 is 2.57 bits per heavy atom. The summed E-state index contributed by atoms with van der Waals surface area (Å²) in [6.07, 6.45) is 2.95. The summed E-state index contributed by atoms with van der Waals surface area (Å²) in [7, 11) is 1.81. The van der Waals surface area contributed by atoms with Crippen LogP contribution >= 0.6 is 0 Å². The number of carbonyl (C=O) groups excluding carboxylic acids is 2. The van der Waals surface area contributed by atoms with Crippen LogP contribution in [0.25, 0.3) is 0 Å². The molecule has 0 aliphatic heterocycles. The molecule has 1 unspecified atom stereocenters. The fourth-order valence-corrected chi connectivity index (χ4v) is 5.56. The van der Waals surface area contributed by atoms with E-state index >= 15 is 0 Å². The molecule has 0 radical (unpaired) electrons. The average Bonchev–Trinajstić information content (AvgIpc) is 3.02. The van der Waals surface area contributed by atoms with E-state index in [1.54, 1.807) is 4.68 Å². The predicted molar refractivity (Wildman–Crippen MR) is 106 cm³/mol. The van der Waals surface area contributed by atoms with Gasteiger partial charge in [0.25, 0.3) is 0 Å². The molecule has 2 atom stereocenters. The highest BCUT2D eigenvalue weighted by Crippen LogP contribution is 2.57. The van der Waals surface area contributed by atoms with Gasteiger partial charge in [0.05, 0.1) is 12.0 Å². The van der Waals surface area contributed by atoms with E-state index in [4.69, 9.17) is 5.10 Å². The molecule has 2 aliphatic carbocycles. The number of ketones is 2. The van der Waals surface area contributed by atoms with Gasteiger partial charge in [-0.15, -0.1) is 0 Å². The highest BCUT2D eigenvalue weighted by molar-refractivity contribution is 6.09. The molecule has 4 rings (SSSR count). The van der Waals surface area contributed by atoms with Crippen LogP contribution in [0.1, 0.15) is 60.9 Å². The van der Waals surface area contributed by atoms with Crippen LogP contribution in [0.2, 0.25) is 0 Å². The highest BCUT2D eigenvalue weighted by atomic mass is 16.2. The first kappa shape index (κ1) is 18.7. The minimum absolute atomic E-state index is 0.0115. The van der Waals surface area contributed by atoms with Crippen molar-refractivity contribution < 1.29 is 14.7 Å². The molecule has 1 aromatic heterocycles. The summed E-state index contributed by atoms with van der Waals surface area (Å²) in [5.41, 5.74) is 2.62. The Kier molecular flexibility index (Phi) is 4.11. The first-order valence-corrected chi connectivity index (χ1v) is 9.76. The lowest BCUT2D eigenvalue weighted by molar-refractivity contribution is -0.131. The third kappa shape index (κ3) is 2.42. The second kappa shape index (κ2) is 6.16. The normalized spacial score (nSPS) is 27.4. The molecular formula is C23H26N2O3. The number of aromatic nitrogens is 2. The topological polar surface area (TPSA) is 72.2 Å². The molecule has 146 valence electrons. The van der Waals surface area contributed by atoms with Crippen molar-refractivity contribution in [1.29, 1.82) is 0 Å². The number of Topliss-reactive ketones (excluding diaryl/α,β-unsaturated/α-hetero) is 1. The van der Waals surface area contributed by atoms with Gasteiger partial charge in [-0.25, -0.2) is 0 Å². The summed E-state index contributed by atoms with van der Waals surface area (Å²) in [6, 6.07) is 9.26. The first-order chi connectivity index (χ1) is 13.2. The molecule has 0 saturated heterocycles. The number of carbonyl (C=O) groups is 2. The number of fused-ring (bicyclic) bond motifs is 3. The van der Waals surface area contributed by atoms with E-state index in [0.29, 0.717) is 23.3 Å². The fraction of sp³-hybridized carbons (Fsp3) is 0.435. The molecule has 5 nitrogen and oxygen atoms in total. The number of nitrogens with zero attached hydrogens (tertiary/aromatic N) is 2. The molecule has 28 heavy (non-hydrogen) atoms. The Hall–Kier alpha value is -2.69. The molecule has 0 amide bonds. The van der Waals surface area contributed by atoms with Crippen LogP contribution in [0.15, 0.2) is 42.2 Å². The van der Waals surface area contributed by atoms with Crippen molar-refractivity contribution in [3.05, 3.63) is 64.7 Å². The molecule has 1 aromatic carbocycles. The van der Waals surface area contributed by atoms with Crippen LogP contribution in [0, 0.1) is 11.3 Å². The number of hydrogen-bond donors (Lipinski definition) is 1. The second-order valence-electron chi connectivity index (χ2n) is 8.89. The third-order valence-electron chi connectivity index (χ3n) is 6.85. The number of rotatable bonds is 2. The van der Waals surface area contributed by atoms with Crippen molar-refractivity contribution in [2.75, 3.05) is 0 Å². The lowest BCUT2D eigenvalue weighted by atomic mass is 9.50. The van der Waals surface area contributed by atoms with Gasteiger partial charge >= 0.3 is 0 Å². The fourth-order valence-electron chi connectivity index (χ4n) is 5.56. The van der Waals surface area contributed by atoms with Crippen LogP contribution in [-0.2, 0) is 23.7 Å². The largest absolute Gasteiger partial charge is 0.515 e. The van der Waals surface area contributed by atoms with Gasteiger partial charge in [0.1, 0.15) is 5.69 Å². The van der Waals surface area contributed by atoms with Crippen LogP contribution in [0.4, 0.5) is 0 Å². The van der Waals surface area contributed by atoms with Crippen molar-refractivity contribution in [1.82, 2.24) is 9.78 Å². The number of aryl methyl sites for hydroxylation is 1. The van der Waals surface area contributed by atoms with E-state index in [2.05, 4.69) is 6.92 Å². The Bertz CT molecular complexity index is 1000. The highest BCUT2D eigenvalue weighted by Gasteiger charge is 2.57. The molecule has 2 aliphatic rings. The quantitative estimate of drug-likeness (QED) is 0.488. The lowest BCUT2D eigenvalue weighted by Crippen LogP contribution is -2.53. The molecule has 1 saturated carbocycles. The van der Waals surface area contributed by atoms with Crippen molar-refractivity contribution in [3.8, 4) is 0 Å². The number of benzene rings is 1. The second-order valence-corrected chi connectivity index (χ2v) is 8.89. The molecular weight excluding hydrogens is 352 g/mol. The van der Waals surface area contributed by atoms with Crippen LogP contribution in [-0.4, -0.2) is 26.5 Å². The Morgan fingerprint density at radius 2 is 1.93 bits per heavy atom. The molecule has 5 heteroatoms. The van der Waals surface area contributed by atoms with E-state index in [-0.39, 0.29) is 17.5 Å². The van der Waals surface area contributed by atoms with E-state index in [1.165, 1.54) is 0 Å². The van der Waals surface area contributed by atoms with Crippen LogP contribution < -0.4 is 0 Å². The van der Waals surface area contributed by atoms with Gasteiger partial charge in [-0.3, -0.25) is 14.3 Å². The van der Waals surface area contributed by atoms with Gasteiger partial charge in [0, 0.05) is 34.6 Å². The molecule has 0 spiro atoms. The summed E-state index contributed by atoms with van der Waals surface area (Å²) >= 11 is 0. The molecule has 1 N–H and O–H groups in total. The molecule has 1 heterocycles. The molecule has 1 fully saturated rings. The van der Waals surface area contributed by atoms with Gasteiger partial charge in [-0.05, 0) is 25.2 Å². The van der Waals surface area contributed by atoms with E-state index in [9.17, 15) is 14.7 Å². The van der Waals surface area contributed by atoms with E-state index < -0.39 is 10.8 Å². The van der Waals surface area contributed by atoms with Crippen LogP contribution in [0.3, 0.4) is 0 Å². The minimum Gasteiger partial charge on any atom is -0.515 e. The minimum atomic E-state index is -0.583. The van der Waals surface area contributed by atoms with Crippen LogP contribution in [0.5, 0.6) is 0 Å². The number of hydrogen-bond acceptors (Lipinski definition) is 4. The maximum atomic E-state index is 13.2. The maximum absolute atomic E-state index is 13.2. The van der Waals surface area contributed by atoms with Gasteiger partial charge in [-0.2, -0.15) is 5.10 Å². The summed E-state index contributed by atoms with van der Waals surface area (Å²) in [5, 5.41) is 14.5. The van der Waals surface area contributed by atoms with Gasteiger partial charge < -0.3 is 5.11 Å². The standard InChI is InChI=1S/C23H26N2O3/c1-22(2)17-11-10-16-18(19(27)14-8-6-5-7-9-14)25(4)24-20(16)23(17,3)12-15(13-26)21(22)28/h5-9,13,17,26H,10-12H2,1-4H3/b15-13-/t17-,23?/m0/s1. The Morgan fingerprint density at radius 1 is 1.25 bits per heavy atom. The Balaban J connectivity index is 1.86. The first-order valence-electron chi connectivity index (χ1n) is 9.76. The smallest absolute Gasteiger partial charge is 0.211 e. The maximum Gasteiger partial charge on any atom is 0.211 e. The predicted octanol–water partition coefficient (Wildman–Crippen LogP) is 3.91.